The number of carbonyl (C=O) groups excluding carboxylic acids is 2. The second-order valence-electron chi connectivity index (χ2n) is 6.09. The van der Waals surface area contributed by atoms with Gasteiger partial charge in [-0.3, -0.25) is 4.79 Å². The summed E-state index contributed by atoms with van der Waals surface area (Å²) in [6, 6.07) is 12.1. The van der Waals surface area contributed by atoms with Gasteiger partial charge < -0.3 is 10.1 Å². The van der Waals surface area contributed by atoms with Gasteiger partial charge in [0.25, 0.3) is 5.91 Å². The Bertz CT molecular complexity index is 962. The average Bonchev–Trinajstić information content (AvgIpc) is 3.05. The van der Waals surface area contributed by atoms with Gasteiger partial charge in [-0.05, 0) is 57.2 Å². The van der Waals surface area contributed by atoms with E-state index >= 15 is 0 Å². The zero-order chi connectivity index (χ0) is 18.7. The molecule has 3 aromatic rings. The SMILES string of the molecule is CCOC(=O)c1cccc(NC(=O)c2ccc3c(c2)nnn3C(C)C)c1. The van der Waals surface area contributed by atoms with Crippen molar-refractivity contribution in [2.75, 3.05) is 11.9 Å². The predicted octanol–water partition coefficient (Wildman–Crippen LogP) is 3.44. The molecule has 26 heavy (non-hydrogen) atoms. The highest BCUT2D eigenvalue weighted by molar-refractivity contribution is 6.06. The van der Waals surface area contributed by atoms with Crippen LogP contribution in [0.4, 0.5) is 5.69 Å². The number of hydrogen-bond acceptors (Lipinski definition) is 5. The maximum absolute atomic E-state index is 12.5. The van der Waals surface area contributed by atoms with Crippen LogP contribution in [-0.4, -0.2) is 33.5 Å². The van der Waals surface area contributed by atoms with Crippen LogP contribution in [-0.2, 0) is 4.74 Å². The van der Waals surface area contributed by atoms with Gasteiger partial charge >= 0.3 is 5.97 Å². The molecule has 1 amide bonds. The molecule has 0 unspecified atom stereocenters. The largest absolute Gasteiger partial charge is 0.462 e. The highest BCUT2D eigenvalue weighted by Crippen LogP contribution is 2.18. The van der Waals surface area contributed by atoms with Crippen LogP contribution in [0.2, 0.25) is 0 Å². The fourth-order valence-electron chi connectivity index (χ4n) is 2.61. The summed E-state index contributed by atoms with van der Waals surface area (Å²) in [7, 11) is 0. The van der Waals surface area contributed by atoms with Gasteiger partial charge in [0.05, 0.1) is 17.7 Å². The molecule has 0 radical (unpaired) electrons. The molecular weight excluding hydrogens is 332 g/mol. The van der Waals surface area contributed by atoms with Crippen molar-refractivity contribution < 1.29 is 14.3 Å². The number of amides is 1. The summed E-state index contributed by atoms with van der Waals surface area (Å²) in [5.41, 5.74) is 2.91. The van der Waals surface area contributed by atoms with Crippen molar-refractivity contribution in [3.05, 3.63) is 53.6 Å². The van der Waals surface area contributed by atoms with Crippen LogP contribution >= 0.6 is 0 Å². The van der Waals surface area contributed by atoms with E-state index < -0.39 is 5.97 Å². The van der Waals surface area contributed by atoms with Crippen LogP contribution in [0.25, 0.3) is 11.0 Å². The first-order valence-electron chi connectivity index (χ1n) is 8.43. The summed E-state index contributed by atoms with van der Waals surface area (Å²) in [4.78, 5) is 24.3. The molecule has 1 N–H and O–H groups in total. The van der Waals surface area contributed by atoms with Crippen molar-refractivity contribution in [3.63, 3.8) is 0 Å². The lowest BCUT2D eigenvalue weighted by molar-refractivity contribution is 0.0526. The Labute approximate surface area is 151 Å². The van der Waals surface area contributed by atoms with Gasteiger partial charge in [0.1, 0.15) is 5.52 Å². The Morgan fingerprint density at radius 3 is 2.69 bits per heavy atom. The van der Waals surface area contributed by atoms with Gasteiger partial charge in [0.15, 0.2) is 0 Å². The number of rotatable bonds is 5. The number of nitrogens with one attached hydrogen (secondary N) is 1. The van der Waals surface area contributed by atoms with Crippen LogP contribution in [0, 0.1) is 0 Å². The van der Waals surface area contributed by atoms with Crippen molar-refractivity contribution >= 4 is 28.6 Å². The second-order valence-corrected chi connectivity index (χ2v) is 6.09. The number of nitrogens with zero attached hydrogens (tertiary/aromatic N) is 3. The van der Waals surface area contributed by atoms with Crippen molar-refractivity contribution in [1.82, 2.24) is 15.0 Å². The number of ether oxygens (including phenoxy) is 1. The number of aromatic nitrogens is 3. The topological polar surface area (TPSA) is 86.1 Å². The third-order valence-electron chi connectivity index (χ3n) is 3.85. The van der Waals surface area contributed by atoms with E-state index in [1.165, 1.54) is 0 Å². The van der Waals surface area contributed by atoms with Crippen molar-refractivity contribution in [2.45, 2.75) is 26.8 Å². The van der Waals surface area contributed by atoms with Crippen LogP contribution in [0.3, 0.4) is 0 Å². The molecule has 1 aromatic heterocycles. The van der Waals surface area contributed by atoms with Gasteiger partial charge in [0.2, 0.25) is 0 Å². The standard InChI is InChI=1S/C19H20N4O3/c1-4-26-19(25)14-6-5-7-15(10-14)20-18(24)13-8-9-17-16(11-13)21-22-23(17)12(2)3/h5-12H,4H2,1-3H3,(H,20,24). The second kappa shape index (κ2) is 7.35. The molecule has 0 aliphatic carbocycles. The first-order chi connectivity index (χ1) is 12.5. The zero-order valence-corrected chi connectivity index (χ0v) is 14.9. The molecular formula is C19H20N4O3. The molecule has 0 bridgehead atoms. The summed E-state index contributed by atoms with van der Waals surface area (Å²) in [5.74, 6) is -0.706. The average molecular weight is 352 g/mol. The smallest absolute Gasteiger partial charge is 0.338 e. The fourth-order valence-corrected chi connectivity index (χ4v) is 2.61. The molecule has 134 valence electrons. The minimum atomic E-state index is -0.421. The Morgan fingerprint density at radius 2 is 1.96 bits per heavy atom. The van der Waals surface area contributed by atoms with E-state index in [2.05, 4.69) is 15.6 Å². The molecule has 0 aliphatic heterocycles. The lowest BCUT2D eigenvalue weighted by Gasteiger charge is -2.08. The third kappa shape index (κ3) is 3.56. The molecule has 7 nitrogen and oxygen atoms in total. The molecule has 0 spiro atoms. The lowest BCUT2D eigenvalue weighted by atomic mass is 10.1. The van der Waals surface area contributed by atoms with Crippen molar-refractivity contribution in [3.8, 4) is 0 Å². The molecule has 7 heteroatoms. The molecule has 0 atom stereocenters. The van der Waals surface area contributed by atoms with Crippen LogP contribution in [0.1, 0.15) is 47.5 Å². The molecule has 0 aliphatic rings. The molecule has 1 heterocycles. The van der Waals surface area contributed by atoms with Crippen LogP contribution in [0.15, 0.2) is 42.5 Å². The van der Waals surface area contributed by atoms with Crippen molar-refractivity contribution in [2.24, 2.45) is 0 Å². The third-order valence-corrected chi connectivity index (χ3v) is 3.85. The minimum absolute atomic E-state index is 0.185. The summed E-state index contributed by atoms with van der Waals surface area (Å²) in [6.07, 6.45) is 0. The Balaban J connectivity index is 1.81. The van der Waals surface area contributed by atoms with E-state index in [0.29, 0.717) is 28.9 Å². The Hall–Kier alpha value is -3.22. The molecule has 0 fully saturated rings. The number of benzene rings is 2. The number of fused-ring (bicyclic) bond motifs is 1. The zero-order valence-electron chi connectivity index (χ0n) is 14.9. The quantitative estimate of drug-likeness (QED) is 0.711. The number of carbonyl (C=O) groups is 2. The number of esters is 1. The van der Waals surface area contributed by atoms with Crippen LogP contribution < -0.4 is 5.32 Å². The van der Waals surface area contributed by atoms with Gasteiger partial charge in [0, 0.05) is 17.3 Å². The van der Waals surface area contributed by atoms with E-state index in [1.807, 2.05) is 19.9 Å². The Kier molecular flexibility index (Phi) is 4.97. The minimum Gasteiger partial charge on any atom is -0.462 e. The molecule has 0 saturated heterocycles. The van der Waals surface area contributed by atoms with Gasteiger partial charge in [-0.2, -0.15) is 0 Å². The van der Waals surface area contributed by atoms with Gasteiger partial charge in [-0.1, -0.05) is 11.3 Å². The van der Waals surface area contributed by atoms with Crippen LogP contribution in [0.5, 0.6) is 0 Å². The predicted molar refractivity (Wildman–Crippen MR) is 98.3 cm³/mol. The maximum Gasteiger partial charge on any atom is 0.338 e. The van der Waals surface area contributed by atoms with E-state index in [1.54, 1.807) is 48.0 Å². The first kappa shape index (κ1) is 17.6. The normalized spacial score (nSPS) is 10.9. The summed E-state index contributed by atoms with van der Waals surface area (Å²) in [5, 5.41) is 11.0. The fraction of sp³-hybridized carbons (Fsp3) is 0.263. The highest BCUT2D eigenvalue weighted by Gasteiger charge is 2.13. The summed E-state index contributed by atoms with van der Waals surface area (Å²) < 4.78 is 6.78. The molecule has 0 saturated carbocycles. The van der Waals surface area contributed by atoms with E-state index in [4.69, 9.17) is 4.74 Å². The molecule has 3 rings (SSSR count). The van der Waals surface area contributed by atoms with E-state index in [9.17, 15) is 9.59 Å². The first-order valence-corrected chi connectivity index (χ1v) is 8.43. The monoisotopic (exact) mass is 352 g/mol. The maximum atomic E-state index is 12.5. The van der Waals surface area contributed by atoms with Gasteiger partial charge in [-0.15, -0.1) is 5.10 Å². The summed E-state index contributed by atoms with van der Waals surface area (Å²) >= 11 is 0. The van der Waals surface area contributed by atoms with E-state index in [-0.39, 0.29) is 11.9 Å². The summed E-state index contributed by atoms with van der Waals surface area (Å²) in [6.45, 7) is 6.08. The van der Waals surface area contributed by atoms with Crippen molar-refractivity contribution in [1.29, 1.82) is 0 Å². The van der Waals surface area contributed by atoms with E-state index in [0.717, 1.165) is 5.52 Å². The van der Waals surface area contributed by atoms with Gasteiger partial charge in [-0.25, -0.2) is 9.48 Å². The lowest BCUT2D eigenvalue weighted by Crippen LogP contribution is -2.13. The molecule has 2 aromatic carbocycles. The number of hydrogen-bond donors (Lipinski definition) is 1. The Morgan fingerprint density at radius 1 is 1.15 bits per heavy atom. The number of anilines is 1. The highest BCUT2D eigenvalue weighted by atomic mass is 16.5.